The second-order valence-corrected chi connectivity index (χ2v) is 10.2. The van der Waals surface area contributed by atoms with Crippen molar-refractivity contribution in [3.8, 4) is 17.0 Å². The Morgan fingerprint density at radius 3 is 2.50 bits per heavy atom. The number of hydrogen-bond acceptors (Lipinski definition) is 6. The van der Waals surface area contributed by atoms with Crippen LogP contribution in [0.5, 0.6) is 5.75 Å². The van der Waals surface area contributed by atoms with Gasteiger partial charge in [-0.15, -0.1) is 0 Å². The minimum absolute atomic E-state index is 0.0968. The molecular weight excluding hydrogens is 510 g/mol. The first kappa shape index (κ1) is 27.0. The molecular formula is C30H33N5O5. The Hall–Kier alpha value is -4.60. The number of hydrogen-bond donors (Lipinski definition) is 2. The van der Waals surface area contributed by atoms with Crippen LogP contribution in [-0.2, 0) is 10.3 Å². The van der Waals surface area contributed by atoms with E-state index < -0.39 is 17.5 Å². The summed E-state index contributed by atoms with van der Waals surface area (Å²) in [6.45, 7) is 6.89. The maximum atomic E-state index is 13.5. The lowest BCUT2D eigenvalue weighted by atomic mass is 9.82. The Morgan fingerprint density at radius 2 is 1.82 bits per heavy atom. The van der Waals surface area contributed by atoms with E-state index in [1.165, 1.54) is 10.6 Å². The number of aromatic nitrogens is 3. The minimum atomic E-state index is -0.847. The van der Waals surface area contributed by atoms with Crippen molar-refractivity contribution in [3.63, 3.8) is 0 Å². The van der Waals surface area contributed by atoms with Gasteiger partial charge in [-0.1, -0.05) is 37.6 Å². The lowest BCUT2D eigenvalue weighted by molar-refractivity contribution is 0.0207. The summed E-state index contributed by atoms with van der Waals surface area (Å²) in [6, 6.07) is 14.7. The van der Waals surface area contributed by atoms with Crippen LogP contribution in [0.25, 0.3) is 16.8 Å². The molecule has 0 unspecified atom stereocenters. The van der Waals surface area contributed by atoms with Crippen LogP contribution in [0, 0.1) is 13.8 Å². The number of aromatic amines is 1. The maximum Gasteiger partial charge on any atom is 0.409 e. The highest BCUT2D eigenvalue weighted by Gasteiger charge is 2.48. The summed E-state index contributed by atoms with van der Waals surface area (Å²) in [5.41, 5.74) is 3.68. The van der Waals surface area contributed by atoms with E-state index in [0.29, 0.717) is 18.1 Å². The van der Waals surface area contributed by atoms with E-state index in [9.17, 15) is 14.4 Å². The van der Waals surface area contributed by atoms with Gasteiger partial charge in [-0.25, -0.2) is 9.31 Å². The van der Waals surface area contributed by atoms with E-state index in [1.807, 2.05) is 63.2 Å². The van der Waals surface area contributed by atoms with Crippen molar-refractivity contribution < 1.29 is 19.1 Å². The predicted molar refractivity (Wildman–Crippen MR) is 151 cm³/mol. The molecule has 2 N–H and O–H groups in total. The first-order valence-corrected chi connectivity index (χ1v) is 13.3. The molecule has 3 heterocycles. The summed E-state index contributed by atoms with van der Waals surface area (Å²) in [5.74, 6) is 0.227. The van der Waals surface area contributed by atoms with Gasteiger partial charge < -0.3 is 24.7 Å². The standard InChI is InChI=1S/C30H33N5O5/c1-5-6-13-40-29(38)34-17-30(18-34,22-9-11-23(39-4)12-10-22)32-27(36)24-15-26-28(37)31-25(16-35(26)33-24)21-8-7-19(2)20(3)14-21/h7-12,14-16H,5-6,13,17-18H2,1-4H3,(H,31,37)(H,32,36). The summed E-state index contributed by atoms with van der Waals surface area (Å²) in [4.78, 5) is 43.4. The van der Waals surface area contributed by atoms with Crippen molar-refractivity contribution in [2.24, 2.45) is 0 Å². The fourth-order valence-electron chi connectivity index (χ4n) is 4.82. The average Bonchev–Trinajstić information content (AvgIpc) is 3.37. The lowest BCUT2D eigenvalue weighted by Gasteiger charge is -2.49. The maximum absolute atomic E-state index is 13.5. The number of aryl methyl sites for hydroxylation is 2. The number of nitrogens with one attached hydrogen (secondary N) is 2. The number of fused-ring (bicyclic) bond motifs is 1. The number of carbonyl (C=O) groups is 2. The molecule has 0 radical (unpaired) electrons. The number of methoxy groups -OCH3 is 1. The first-order valence-electron chi connectivity index (χ1n) is 13.3. The van der Waals surface area contributed by atoms with Crippen LogP contribution in [0.15, 0.2) is 59.5 Å². The van der Waals surface area contributed by atoms with Crippen molar-refractivity contribution in [3.05, 3.63) is 87.5 Å². The van der Waals surface area contributed by atoms with Gasteiger partial charge in [0.05, 0.1) is 38.7 Å². The number of nitrogens with zero attached hydrogens (tertiary/aromatic N) is 3. The number of unbranched alkanes of at least 4 members (excludes halogenated alkanes) is 1. The summed E-state index contributed by atoms with van der Waals surface area (Å²) in [7, 11) is 1.58. The predicted octanol–water partition coefficient (Wildman–Crippen LogP) is 4.19. The third-order valence-electron chi connectivity index (χ3n) is 7.42. The molecule has 0 atom stereocenters. The molecule has 2 aromatic heterocycles. The summed E-state index contributed by atoms with van der Waals surface area (Å²) >= 11 is 0. The number of rotatable bonds is 8. The molecule has 1 saturated heterocycles. The SMILES string of the molecule is CCCCOC(=O)N1CC(NC(=O)c2cc3c(=O)[nH]c(-c4ccc(C)c(C)c4)cn3n2)(c2ccc(OC)cc2)C1. The van der Waals surface area contributed by atoms with Gasteiger partial charge in [0.1, 0.15) is 16.8 Å². The van der Waals surface area contributed by atoms with Gasteiger partial charge in [0.15, 0.2) is 5.69 Å². The molecule has 1 fully saturated rings. The third-order valence-corrected chi connectivity index (χ3v) is 7.42. The van der Waals surface area contributed by atoms with Gasteiger partial charge in [-0.3, -0.25) is 9.59 Å². The number of amides is 2. The molecule has 0 spiro atoms. The smallest absolute Gasteiger partial charge is 0.409 e. The zero-order valence-electron chi connectivity index (χ0n) is 23.1. The highest BCUT2D eigenvalue weighted by molar-refractivity contribution is 5.94. The van der Waals surface area contributed by atoms with Gasteiger partial charge in [0.25, 0.3) is 11.5 Å². The molecule has 2 aromatic carbocycles. The van der Waals surface area contributed by atoms with Gasteiger partial charge in [0, 0.05) is 6.07 Å². The lowest BCUT2D eigenvalue weighted by Crippen LogP contribution is -2.69. The summed E-state index contributed by atoms with van der Waals surface area (Å²) in [6.07, 6.45) is 3.00. The second kappa shape index (κ2) is 10.9. The van der Waals surface area contributed by atoms with Crippen LogP contribution in [-0.4, -0.2) is 58.3 Å². The fraction of sp³-hybridized carbons (Fsp3) is 0.333. The van der Waals surface area contributed by atoms with E-state index in [4.69, 9.17) is 9.47 Å². The normalized spacial score (nSPS) is 14.1. The number of carbonyl (C=O) groups excluding carboxylic acids is 2. The van der Waals surface area contributed by atoms with Gasteiger partial charge >= 0.3 is 6.09 Å². The highest BCUT2D eigenvalue weighted by Crippen LogP contribution is 2.34. The number of likely N-dealkylation sites (tertiary alicyclic amines) is 1. The molecule has 0 aliphatic carbocycles. The van der Waals surface area contributed by atoms with Gasteiger partial charge in [0.2, 0.25) is 0 Å². The van der Waals surface area contributed by atoms with Crippen molar-refractivity contribution in [1.82, 2.24) is 24.8 Å². The Kier molecular flexibility index (Phi) is 7.34. The third kappa shape index (κ3) is 5.16. The van der Waals surface area contributed by atoms with E-state index in [0.717, 1.165) is 35.1 Å². The number of benzene rings is 2. The van der Waals surface area contributed by atoms with Crippen molar-refractivity contribution in [2.45, 2.75) is 39.2 Å². The molecule has 10 nitrogen and oxygen atoms in total. The molecule has 2 amide bonds. The van der Waals surface area contributed by atoms with E-state index in [-0.39, 0.29) is 29.9 Å². The summed E-state index contributed by atoms with van der Waals surface area (Å²) in [5, 5.41) is 7.50. The summed E-state index contributed by atoms with van der Waals surface area (Å²) < 4.78 is 12.1. The fourth-order valence-corrected chi connectivity index (χ4v) is 4.82. The van der Waals surface area contributed by atoms with Gasteiger partial charge in [-0.05, 0) is 60.7 Å². The molecule has 10 heteroatoms. The minimum Gasteiger partial charge on any atom is -0.497 e. The second-order valence-electron chi connectivity index (χ2n) is 10.2. The molecule has 4 aromatic rings. The van der Waals surface area contributed by atoms with E-state index in [1.54, 1.807) is 18.2 Å². The topological polar surface area (TPSA) is 118 Å². The van der Waals surface area contributed by atoms with Gasteiger partial charge in [-0.2, -0.15) is 5.10 Å². The van der Waals surface area contributed by atoms with Crippen LogP contribution in [0.3, 0.4) is 0 Å². The number of ether oxygens (including phenoxy) is 2. The largest absolute Gasteiger partial charge is 0.497 e. The monoisotopic (exact) mass is 543 g/mol. The Labute approximate surface area is 231 Å². The molecule has 1 aliphatic rings. The number of H-pyrrole nitrogens is 1. The van der Waals surface area contributed by atoms with Crippen LogP contribution in [0.1, 0.15) is 46.9 Å². The van der Waals surface area contributed by atoms with Crippen molar-refractivity contribution in [1.29, 1.82) is 0 Å². The molecule has 0 bridgehead atoms. The molecule has 40 heavy (non-hydrogen) atoms. The van der Waals surface area contributed by atoms with E-state index >= 15 is 0 Å². The Bertz CT molecular complexity index is 1620. The van der Waals surface area contributed by atoms with Crippen LogP contribution >= 0.6 is 0 Å². The molecule has 208 valence electrons. The van der Waals surface area contributed by atoms with Crippen molar-refractivity contribution >= 4 is 17.5 Å². The first-order chi connectivity index (χ1) is 19.2. The van der Waals surface area contributed by atoms with Crippen LogP contribution in [0.4, 0.5) is 4.79 Å². The van der Waals surface area contributed by atoms with E-state index in [2.05, 4.69) is 15.4 Å². The molecule has 1 aliphatic heterocycles. The molecule has 0 saturated carbocycles. The molecule has 5 rings (SSSR count). The van der Waals surface area contributed by atoms with Crippen LogP contribution in [0.2, 0.25) is 0 Å². The van der Waals surface area contributed by atoms with Crippen molar-refractivity contribution in [2.75, 3.05) is 26.8 Å². The highest BCUT2D eigenvalue weighted by atomic mass is 16.6. The zero-order chi connectivity index (χ0) is 28.4. The zero-order valence-corrected chi connectivity index (χ0v) is 23.1. The Morgan fingerprint density at radius 1 is 1.07 bits per heavy atom. The average molecular weight is 544 g/mol. The quantitative estimate of drug-likeness (QED) is 0.322. The van der Waals surface area contributed by atoms with Crippen LogP contribution < -0.4 is 15.6 Å². The Balaban J connectivity index is 1.41.